The number of rotatable bonds is 8. The fraction of sp³-hybridized carbons (Fsp3) is 0.480. The molecule has 29 heavy (non-hydrogen) atoms. The van der Waals surface area contributed by atoms with Gasteiger partial charge in [-0.25, -0.2) is 0 Å². The van der Waals surface area contributed by atoms with Crippen LogP contribution in [0, 0.1) is 11.3 Å². The Morgan fingerprint density at radius 1 is 1.10 bits per heavy atom. The van der Waals surface area contributed by atoms with Gasteiger partial charge >= 0.3 is 0 Å². The average Bonchev–Trinajstić information content (AvgIpc) is 3.46. The molecule has 0 bridgehead atoms. The maximum Gasteiger partial charge on any atom is 0.223 e. The fourth-order valence-electron chi connectivity index (χ4n) is 4.70. The molecule has 2 fully saturated rings. The van der Waals surface area contributed by atoms with Crippen molar-refractivity contribution in [3.8, 4) is 5.75 Å². The van der Waals surface area contributed by atoms with Crippen LogP contribution in [0.15, 0.2) is 54.6 Å². The first-order chi connectivity index (χ1) is 14.2. The van der Waals surface area contributed by atoms with Crippen LogP contribution >= 0.6 is 0 Å². The Bertz CT molecular complexity index is 813. The van der Waals surface area contributed by atoms with E-state index in [-0.39, 0.29) is 17.2 Å². The zero-order valence-electron chi connectivity index (χ0n) is 17.4. The minimum Gasteiger partial charge on any atom is -0.494 e. The van der Waals surface area contributed by atoms with Gasteiger partial charge in [-0.1, -0.05) is 48.5 Å². The molecule has 1 atom stereocenters. The first kappa shape index (κ1) is 20.0. The summed E-state index contributed by atoms with van der Waals surface area (Å²) in [7, 11) is 0. The van der Waals surface area contributed by atoms with Crippen molar-refractivity contribution < 1.29 is 9.53 Å². The number of hydrogen-bond donors (Lipinski definition) is 1. The lowest BCUT2D eigenvalue weighted by Gasteiger charge is -2.33. The van der Waals surface area contributed by atoms with E-state index in [9.17, 15) is 4.79 Å². The van der Waals surface area contributed by atoms with Crippen molar-refractivity contribution in [1.82, 2.24) is 10.2 Å². The highest BCUT2D eigenvalue weighted by atomic mass is 16.5. The van der Waals surface area contributed by atoms with Gasteiger partial charge in [0, 0.05) is 24.6 Å². The first-order valence-electron chi connectivity index (χ1n) is 10.9. The highest BCUT2D eigenvalue weighted by Crippen LogP contribution is 2.59. The van der Waals surface area contributed by atoms with Crippen molar-refractivity contribution >= 4 is 5.91 Å². The summed E-state index contributed by atoms with van der Waals surface area (Å²) < 4.78 is 5.77. The molecule has 1 saturated carbocycles. The Balaban J connectivity index is 1.22. The summed E-state index contributed by atoms with van der Waals surface area (Å²) in [5, 5.41) is 3.17. The predicted molar refractivity (Wildman–Crippen MR) is 116 cm³/mol. The second-order valence-electron chi connectivity index (χ2n) is 8.46. The summed E-state index contributed by atoms with van der Waals surface area (Å²) in [5.74, 6) is 1.48. The molecule has 1 N–H and O–H groups in total. The summed E-state index contributed by atoms with van der Waals surface area (Å²) in [6.45, 7) is 6.51. The lowest BCUT2D eigenvalue weighted by molar-refractivity contribution is -0.123. The van der Waals surface area contributed by atoms with Gasteiger partial charge < -0.3 is 10.1 Å². The van der Waals surface area contributed by atoms with Gasteiger partial charge in [-0.3, -0.25) is 9.69 Å². The van der Waals surface area contributed by atoms with E-state index in [1.165, 1.54) is 11.1 Å². The molecule has 2 aromatic carbocycles. The highest BCUT2D eigenvalue weighted by Gasteiger charge is 2.58. The largest absolute Gasteiger partial charge is 0.494 e. The number of ether oxygens (including phenoxy) is 1. The number of nitrogens with zero attached hydrogens (tertiary/aromatic N) is 1. The van der Waals surface area contributed by atoms with Crippen molar-refractivity contribution in [1.29, 1.82) is 0 Å². The van der Waals surface area contributed by atoms with Crippen LogP contribution in [-0.2, 0) is 17.8 Å². The number of hydrogen-bond acceptors (Lipinski definition) is 3. The molecular formula is C25H32N2O2. The van der Waals surface area contributed by atoms with Crippen LogP contribution in [0.3, 0.4) is 0 Å². The smallest absolute Gasteiger partial charge is 0.223 e. The number of carbonyl (C=O) groups excluding carboxylic acids is 1. The van der Waals surface area contributed by atoms with Gasteiger partial charge in [-0.2, -0.15) is 0 Å². The number of para-hydroxylation sites is 1. The number of amides is 1. The molecule has 1 saturated heterocycles. The normalized spacial score (nSPS) is 20.4. The van der Waals surface area contributed by atoms with Gasteiger partial charge in [0.25, 0.3) is 0 Å². The summed E-state index contributed by atoms with van der Waals surface area (Å²) in [5.41, 5.74) is 2.79. The predicted octanol–water partition coefficient (Wildman–Crippen LogP) is 4.05. The molecule has 2 aromatic rings. The summed E-state index contributed by atoms with van der Waals surface area (Å²) in [4.78, 5) is 15.1. The van der Waals surface area contributed by atoms with Crippen LogP contribution in [0.5, 0.6) is 5.75 Å². The maximum atomic E-state index is 12.6. The van der Waals surface area contributed by atoms with Crippen LogP contribution in [0.25, 0.3) is 0 Å². The fourth-order valence-corrected chi connectivity index (χ4v) is 4.70. The third-order valence-corrected chi connectivity index (χ3v) is 6.58. The molecule has 0 radical (unpaired) electrons. The van der Waals surface area contributed by atoms with E-state index in [1.807, 2.05) is 31.2 Å². The van der Waals surface area contributed by atoms with Crippen LogP contribution in [0.2, 0.25) is 0 Å². The van der Waals surface area contributed by atoms with Gasteiger partial charge in [-0.15, -0.1) is 0 Å². The Morgan fingerprint density at radius 2 is 1.83 bits per heavy atom. The van der Waals surface area contributed by atoms with E-state index in [0.717, 1.165) is 57.6 Å². The second kappa shape index (κ2) is 9.00. The summed E-state index contributed by atoms with van der Waals surface area (Å²) >= 11 is 0. The van der Waals surface area contributed by atoms with Crippen molar-refractivity contribution in [3.05, 3.63) is 65.7 Å². The van der Waals surface area contributed by atoms with Crippen molar-refractivity contribution in [3.63, 3.8) is 0 Å². The highest BCUT2D eigenvalue weighted by molar-refractivity contribution is 5.82. The Labute approximate surface area is 174 Å². The Kier molecular flexibility index (Phi) is 6.19. The van der Waals surface area contributed by atoms with E-state index in [1.54, 1.807) is 0 Å². The molecule has 1 heterocycles. The zero-order valence-corrected chi connectivity index (χ0v) is 17.4. The summed E-state index contributed by atoms with van der Waals surface area (Å²) in [6, 6.07) is 18.7. The topological polar surface area (TPSA) is 41.6 Å². The standard InChI is InChI=1S/C25H32N2O2/c1-2-29-23-11-7-6-10-21(23)19-27-16-13-25(14-17-27)18-22(25)24(28)26-15-12-20-8-4-3-5-9-20/h3-11,22H,2,12-19H2,1H3,(H,26,28)/t22-/m1/s1. The first-order valence-corrected chi connectivity index (χ1v) is 10.9. The third-order valence-electron chi connectivity index (χ3n) is 6.58. The molecule has 1 aliphatic carbocycles. The average molecular weight is 393 g/mol. The molecule has 1 aliphatic heterocycles. The molecular weight excluding hydrogens is 360 g/mol. The molecule has 0 aromatic heterocycles. The van der Waals surface area contributed by atoms with Gasteiger partial charge in [0.1, 0.15) is 5.75 Å². The van der Waals surface area contributed by atoms with Crippen molar-refractivity contribution in [2.24, 2.45) is 11.3 Å². The number of likely N-dealkylation sites (tertiary alicyclic amines) is 1. The molecule has 1 spiro atoms. The maximum absolute atomic E-state index is 12.6. The van der Waals surface area contributed by atoms with Crippen LogP contribution in [-0.4, -0.2) is 37.0 Å². The molecule has 4 heteroatoms. The Morgan fingerprint density at radius 3 is 2.59 bits per heavy atom. The minimum absolute atomic E-state index is 0.219. The van der Waals surface area contributed by atoms with Crippen LogP contribution in [0.4, 0.5) is 0 Å². The SMILES string of the molecule is CCOc1ccccc1CN1CCC2(CC1)C[C@@H]2C(=O)NCCc1ccccc1. The van der Waals surface area contributed by atoms with E-state index in [2.05, 4.69) is 40.5 Å². The lowest BCUT2D eigenvalue weighted by Crippen LogP contribution is -2.37. The van der Waals surface area contributed by atoms with Gasteiger partial charge in [0.2, 0.25) is 5.91 Å². The van der Waals surface area contributed by atoms with Crippen LogP contribution < -0.4 is 10.1 Å². The number of carbonyl (C=O) groups is 1. The number of nitrogens with one attached hydrogen (secondary N) is 1. The molecule has 154 valence electrons. The van der Waals surface area contributed by atoms with E-state index >= 15 is 0 Å². The number of piperidine rings is 1. The monoisotopic (exact) mass is 392 g/mol. The van der Waals surface area contributed by atoms with Crippen LogP contribution in [0.1, 0.15) is 37.3 Å². The summed E-state index contributed by atoms with van der Waals surface area (Å²) in [6.07, 6.45) is 4.22. The second-order valence-corrected chi connectivity index (χ2v) is 8.46. The molecule has 1 amide bonds. The molecule has 4 nitrogen and oxygen atoms in total. The minimum atomic E-state index is 0.219. The van der Waals surface area contributed by atoms with Gasteiger partial charge in [0.15, 0.2) is 0 Å². The van der Waals surface area contributed by atoms with E-state index in [0.29, 0.717) is 6.61 Å². The molecule has 4 rings (SSSR count). The number of benzene rings is 2. The molecule has 0 unspecified atom stereocenters. The van der Waals surface area contributed by atoms with Crippen molar-refractivity contribution in [2.75, 3.05) is 26.2 Å². The van der Waals surface area contributed by atoms with Gasteiger partial charge in [0.05, 0.1) is 6.61 Å². The van der Waals surface area contributed by atoms with Crippen molar-refractivity contribution in [2.45, 2.75) is 39.2 Å². The van der Waals surface area contributed by atoms with Gasteiger partial charge in [-0.05, 0) is 62.7 Å². The zero-order chi connectivity index (χ0) is 20.1. The third kappa shape index (κ3) is 4.81. The van der Waals surface area contributed by atoms with E-state index < -0.39 is 0 Å². The Hall–Kier alpha value is -2.33. The quantitative estimate of drug-likeness (QED) is 0.737. The lowest BCUT2D eigenvalue weighted by atomic mass is 9.90. The molecule has 2 aliphatic rings. The van der Waals surface area contributed by atoms with E-state index in [4.69, 9.17) is 4.74 Å².